The number of carbonyl (C=O) groups excluding carboxylic acids is 1. The molecule has 1 unspecified atom stereocenters. The number of hydrogen-bond donors (Lipinski definition) is 2. The van der Waals surface area contributed by atoms with E-state index < -0.39 is 5.97 Å². The molecule has 96 valence electrons. The molecule has 1 atom stereocenters. The second-order valence-corrected chi connectivity index (χ2v) is 5.07. The molecule has 1 saturated heterocycles. The zero-order valence-electron chi connectivity index (χ0n) is 9.60. The van der Waals surface area contributed by atoms with Crippen molar-refractivity contribution in [2.45, 2.75) is 6.42 Å². The molecule has 18 heavy (non-hydrogen) atoms. The predicted octanol–water partition coefficient (Wildman–Crippen LogP) is 2.07. The molecule has 0 radical (unpaired) electrons. The third kappa shape index (κ3) is 2.81. The molecule has 0 bridgehead atoms. The van der Waals surface area contributed by atoms with Crippen molar-refractivity contribution in [3.63, 3.8) is 0 Å². The highest BCUT2D eigenvalue weighted by molar-refractivity contribution is 9.10. The molecule has 2 amide bonds. The van der Waals surface area contributed by atoms with Crippen LogP contribution in [0.1, 0.15) is 6.42 Å². The third-order valence-corrected chi connectivity index (χ3v) is 3.51. The van der Waals surface area contributed by atoms with Gasteiger partial charge in [0.05, 0.1) is 12.1 Å². The molecule has 1 aliphatic rings. The van der Waals surface area contributed by atoms with Crippen LogP contribution in [0.3, 0.4) is 0 Å². The van der Waals surface area contributed by atoms with Gasteiger partial charge in [0, 0.05) is 23.5 Å². The van der Waals surface area contributed by atoms with Gasteiger partial charge in [-0.25, -0.2) is 4.79 Å². The highest BCUT2D eigenvalue weighted by Gasteiger charge is 2.28. The van der Waals surface area contributed by atoms with Gasteiger partial charge in [-0.05, 0) is 28.1 Å². The highest BCUT2D eigenvalue weighted by atomic mass is 79.9. The zero-order chi connectivity index (χ0) is 13.1. The van der Waals surface area contributed by atoms with Crippen molar-refractivity contribution in [1.82, 2.24) is 5.32 Å². The Morgan fingerprint density at radius 2 is 2.22 bits per heavy atom. The fraction of sp³-hybridized carbons (Fsp3) is 0.333. The molecular weight excluding hydrogens is 300 g/mol. The van der Waals surface area contributed by atoms with Gasteiger partial charge in [0.25, 0.3) is 0 Å². The van der Waals surface area contributed by atoms with Crippen LogP contribution in [0, 0.1) is 5.92 Å². The number of hydrogen-bond acceptors (Lipinski definition) is 2. The third-order valence-electron chi connectivity index (χ3n) is 2.83. The van der Waals surface area contributed by atoms with Crippen LogP contribution in [0.25, 0.3) is 0 Å². The van der Waals surface area contributed by atoms with Gasteiger partial charge in [-0.2, -0.15) is 0 Å². The minimum absolute atomic E-state index is 0.0568. The van der Waals surface area contributed by atoms with Crippen molar-refractivity contribution in [2.75, 3.05) is 18.0 Å². The molecule has 1 aromatic carbocycles. The molecule has 0 saturated carbocycles. The minimum atomic E-state index is -0.844. The highest BCUT2D eigenvalue weighted by Crippen LogP contribution is 2.28. The maximum Gasteiger partial charge on any atom is 0.321 e. The molecule has 1 fully saturated rings. The van der Waals surface area contributed by atoms with E-state index in [1.807, 2.05) is 24.3 Å². The number of amides is 2. The lowest BCUT2D eigenvalue weighted by atomic mass is 10.0. The predicted molar refractivity (Wildman–Crippen MR) is 70.6 cm³/mol. The van der Waals surface area contributed by atoms with E-state index in [2.05, 4.69) is 21.2 Å². The van der Waals surface area contributed by atoms with Crippen molar-refractivity contribution < 1.29 is 14.7 Å². The Bertz CT molecular complexity index is 478. The number of rotatable bonds is 3. The molecule has 2 rings (SSSR count). The summed E-state index contributed by atoms with van der Waals surface area (Å²) >= 11 is 3.39. The van der Waals surface area contributed by atoms with Crippen LogP contribution in [-0.4, -0.2) is 30.2 Å². The number of carbonyl (C=O) groups is 2. The first kappa shape index (κ1) is 12.9. The molecule has 1 heterocycles. The largest absolute Gasteiger partial charge is 0.481 e. The molecule has 1 aromatic rings. The Labute approximate surface area is 113 Å². The van der Waals surface area contributed by atoms with E-state index in [0.717, 1.165) is 10.2 Å². The summed E-state index contributed by atoms with van der Waals surface area (Å²) in [6.07, 6.45) is 0.0568. The van der Waals surface area contributed by atoms with Crippen LogP contribution in [0.5, 0.6) is 0 Å². The van der Waals surface area contributed by atoms with E-state index in [4.69, 9.17) is 5.11 Å². The maximum atomic E-state index is 11.8. The molecule has 0 spiro atoms. The lowest BCUT2D eigenvalue weighted by molar-refractivity contribution is -0.138. The maximum absolute atomic E-state index is 11.8. The van der Waals surface area contributed by atoms with Gasteiger partial charge < -0.3 is 10.4 Å². The van der Waals surface area contributed by atoms with E-state index >= 15 is 0 Å². The molecule has 2 N–H and O–H groups in total. The van der Waals surface area contributed by atoms with E-state index in [9.17, 15) is 9.59 Å². The summed E-state index contributed by atoms with van der Waals surface area (Å²) in [4.78, 5) is 24.1. The monoisotopic (exact) mass is 312 g/mol. The van der Waals surface area contributed by atoms with Crippen LogP contribution in [0.15, 0.2) is 28.7 Å². The van der Waals surface area contributed by atoms with Gasteiger partial charge in [0.1, 0.15) is 0 Å². The van der Waals surface area contributed by atoms with Gasteiger partial charge >= 0.3 is 12.0 Å². The van der Waals surface area contributed by atoms with Crippen LogP contribution in [0.4, 0.5) is 10.5 Å². The van der Waals surface area contributed by atoms with Crippen molar-refractivity contribution in [2.24, 2.45) is 5.92 Å². The number of carboxylic acids is 1. The number of para-hydroxylation sites is 1. The normalized spacial score (nSPS) is 19.5. The number of aliphatic carboxylic acids is 1. The average molecular weight is 313 g/mol. The quantitative estimate of drug-likeness (QED) is 0.897. The fourth-order valence-corrected chi connectivity index (χ4v) is 2.49. The lowest BCUT2D eigenvalue weighted by Crippen LogP contribution is -2.51. The van der Waals surface area contributed by atoms with E-state index in [1.54, 1.807) is 4.90 Å². The van der Waals surface area contributed by atoms with Crippen molar-refractivity contribution in [3.05, 3.63) is 28.7 Å². The molecule has 1 aliphatic heterocycles. The molecule has 0 aromatic heterocycles. The van der Waals surface area contributed by atoms with Gasteiger partial charge in [-0.1, -0.05) is 12.1 Å². The van der Waals surface area contributed by atoms with E-state index in [0.29, 0.717) is 13.1 Å². The molecule has 5 nitrogen and oxygen atoms in total. The number of nitrogens with one attached hydrogen (secondary N) is 1. The number of carboxylic acid groups (broad SMARTS) is 1. The van der Waals surface area contributed by atoms with Gasteiger partial charge in [0.15, 0.2) is 0 Å². The summed E-state index contributed by atoms with van der Waals surface area (Å²) in [7, 11) is 0. The first-order chi connectivity index (χ1) is 8.58. The lowest BCUT2D eigenvalue weighted by Gasteiger charge is -2.33. The topological polar surface area (TPSA) is 69.6 Å². The summed E-state index contributed by atoms with van der Waals surface area (Å²) in [5.74, 6) is -0.921. The van der Waals surface area contributed by atoms with Gasteiger partial charge in [0.2, 0.25) is 0 Å². The Balaban J connectivity index is 2.18. The summed E-state index contributed by atoms with van der Waals surface area (Å²) in [6.45, 7) is 0.826. The number of benzene rings is 1. The number of halogens is 1. The van der Waals surface area contributed by atoms with Gasteiger partial charge in [-0.3, -0.25) is 9.69 Å². The van der Waals surface area contributed by atoms with Crippen LogP contribution in [-0.2, 0) is 4.79 Å². The Morgan fingerprint density at radius 3 is 2.89 bits per heavy atom. The SMILES string of the molecule is O=C(O)CC1CNC(=O)N(c2ccccc2Br)C1. The van der Waals surface area contributed by atoms with Gasteiger partial charge in [-0.15, -0.1) is 0 Å². The Hall–Kier alpha value is -1.56. The molecular formula is C12H13BrN2O3. The standard InChI is InChI=1S/C12H13BrN2O3/c13-9-3-1-2-4-10(9)15-7-8(5-11(16)17)6-14-12(15)18/h1-4,8H,5-7H2,(H,14,18)(H,16,17). The first-order valence-electron chi connectivity index (χ1n) is 5.59. The first-order valence-corrected chi connectivity index (χ1v) is 6.39. The molecule has 6 heteroatoms. The van der Waals surface area contributed by atoms with E-state index in [1.165, 1.54) is 0 Å². The van der Waals surface area contributed by atoms with Crippen LogP contribution >= 0.6 is 15.9 Å². The van der Waals surface area contributed by atoms with Crippen LogP contribution < -0.4 is 10.2 Å². The average Bonchev–Trinajstić information content (AvgIpc) is 2.32. The number of anilines is 1. The second-order valence-electron chi connectivity index (χ2n) is 4.21. The van der Waals surface area contributed by atoms with Crippen molar-refractivity contribution >= 4 is 33.6 Å². The Morgan fingerprint density at radius 1 is 1.50 bits per heavy atom. The minimum Gasteiger partial charge on any atom is -0.481 e. The summed E-state index contributed by atoms with van der Waals surface area (Å²) < 4.78 is 0.816. The molecule has 0 aliphatic carbocycles. The second kappa shape index (κ2) is 5.39. The summed E-state index contributed by atoms with van der Waals surface area (Å²) in [6, 6.07) is 7.19. The van der Waals surface area contributed by atoms with E-state index in [-0.39, 0.29) is 18.4 Å². The zero-order valence-corrected chi connectivity index (χ0v) is 11.2. The smallest absolute Gasteiger partial charge is 0.321 e. The summed E-state index contributed by atoms with van der Waals surface area (Å²) in [5.41, 5.74) is 0.755. The number of urea groups is 1. The van der Waals surface area contributed by atoms with Crippen molar-refractivity contribution in [1.29, 1.82) is 0 Å². The van der Waals surface area contributed by atoms with Crippen molar-refractivity contribution in [3.8, 4) is 0 Å². The Kier molecular flexibility index (Phi) is 3.86. The number of nitrogens with zero attached hydrogens (tertiary/aromatic N) is 1. The fourth-order valence-electron chi connectivity index (χ4n) is 1.99. The summed E-state index contributed by atoms with van der Waals surface area (Å²) in [5, 5.41) is 11.5. The van der Waals surface area contributed by atoms with Crippen LogP contribution in [0.2, 0.25) is 0 Å².